The van der Waals surface area contributed by atoms with Gasteiger partial charge in [-0.1, -0.05) is 0 Å². The summed E-state index contributed by atoms with van der Waals surface area (Å²) in [4.78, 5) is 11.6. The van der Waals surface area contributed by atoms with Crippen LogP contribution < -0.4 is 0 Å². The van der Waals surface area contributed by atoms with Gasteiger partial charge in [-0.25, -0.2) is 0 Å². The quantitative estimate of drug-likeness (QED) is 0.677. The van der Waals surface area contributed by atoms with Crippen molar-refractivity contribution in [1.82, 2.24) is 0 Å². The third kappa shape index (κ3) is 2.55. The number of rotatable bonds is 2. The van der Waals surface area contributed by atoms with E-state index in [2.05, 4.69) is 0 Å². The van der Waals surface area contributed by atoms with Crippen molar-refractivity contribution < 1.29 is 19.0 Å². The molecule has 2 rings (SSSR count). The molecule has 0 atom stereocenters. The first-order valence-corrected chi connectivity index (χ1v) is 6.20. The van der Waals surface area contributed by atoms with Crippen LogP contribution in [0.5, 0.6) is 0 Å². The van der Waals surface area contributed by atoms with Crippen LogP contribution in [-0.2, 0) is 19.0 Å². The number of hydrogen-bond donors (Lipinski definition) is 0. The Bertz CT molecular complexity index is 235. The molecule has 92 valence electrons. The summed E-state index contributed by atoms with van der Waals surface area (Å²) >= 11 is 0. The minimum atomic E-state index is -0.388. The summed E-state index contributed by atoms with van der Waals surface area (Å²) in [7, 11) is 0. The zero-order valence-corrected chi connectivity index (χ0v) is 9.87. The highest BCUT2D eigenvalue weighted by atomic mass is 16.7. The van der Waals surface area contributed by atoms with E-state index >= 15 is 0 Å². The first kappa shape index (κ1) is 11.9. The first-order valence-electron chi connectivity index (χ1n) is 6.20. The molecule has 4 nitrogen and oxygen atoms in total. The molecule has 0 aromatic carbocycles. The second kappa shape index (κ2) is 5.15. The highest BCUT2D eigenvalue weighted by Gasteiger charge is 2.40. The maximum atomic E-state index is 11.6. The van der Waals surface area contributed by atoms with Crippen LogP contribution in [0.1, 0.15) is 39.0 Å². The normalized spacial score (nSPS) is 25.6. The Balaban J connectivity index is 1.83. The topological polar surface area (TPSA) is 44.8 Å². The molecule has 0 aromatic rings. The summed E-state index contributed by atoms with van der Waals surface area (Å²) in [6, 6.07) is 0. The Morgan fingerprint density at radius 2 is 1.94 bits per heavy atom. The molecule has 2 fully saturated rings. The molecule has 4 heteroatoms. The fourth-order valence-electron chi connectivity index (χ4n) is 2.46. The molecule has 0 bridgehead atoms. The van der Waals surface area contributed by atoms with E-state index < -0.39 is 0 Å². The molecule has 16 heavy (non-hydrogen) atoms. The van der Waals surface area contributed by atoms with Crippen LogP contribution in [0.4, 0.5) is 0 Å². The second-order valence-corrected chi connectivity index (χ2v) is 4.49. The van der Waals surface area contributed by atoms with Crippen LogP contribution in [0.25, 0.3) is 0 Å². The molecule has 0 radical (unpaired) electrons. The number of hydrogen-bond acceptors (Lipinski definition) is 4. The van der Waals surface area contributed by atoms with Gasteiger partial charge in [0.15, 0.2) is 5.79 Å². The molecule has 0 N–H and O–H groups in total. The zero-order chi connectivity index (χ0) is 11.4. The van der Waals surface area contributed by atoms with Crippen molar-refractivity contribution in [1.29, 1.82) is 0 Å². The molecule has 1 saturated heterocycles. The fourth-order valence-corrected chi connectivity index (χ4v) is 2.46. The Kier molecular flexibility index (Phi) is 3.82. The van der Waals surface area contributed by atoms with Gasteiger partial charge in [-0.15, -0.1) is 0 Å². The Morgan fingerprint density at radius 1 is 1.31 bits per heavy atom. The van der Waals surface area contributed by atoms with Crippen LogP contribution in [-0.4, -0.2) is 31.6 Å². The van der Waals surface area contributed by atoms with Crippen molar-refractivity contribution in [3.63, 3.8) is 0 Å². The summed E-state index contributed by atoms with van der Waals surface area (Å²) in [5, 5.41) is 0. The molecule has 1 aliphatic carbocycles. The molecule has 1 spiro atoms. The van der Waals surface area contributed by atoms with E-state index in [4.69, 9.17) is 14.2 Å². The number of esters is 1. The van der Waals surface area contributed by atoms with Gasteiger partial charge in [0.05, 0.1) is 25.7 Å². The lowest BCUT2D eigenvalue weighted by Crippen LogP contribution is -2.44. The van der Waals surface area contributed by atoms with Crippen molar-refractivity contribution in [2.75, 3.05) is 19.8 Å². The van der Waals surface area contributed by atoms with Crippen LogP contribution >= 0.6 is 0 Å². The molecule has 2 aliphatic rings. The predicted molar refractivity (Wildman–Crippen MR) is 57.8 cm³/mol. The average Bonchev–Trinajstić information content (AvgIpc) is 2.31. The van der Waals surface area contributed by atoms with E-state index in [0.29, 0.717) is 6.61 Å². The fraction of sp³-hybridized carbons (Fsp3) is 0.917. The Labute approximate surface area is 96.2 Å². The number of ether oxygens (including phenoxy) is 3. The van der Waals surface area contributed by atoms with Gasteiger partial charge in [0, 0.05) is 12.8 Å². The average molecular weight is 228 g/mol. The molecule has 0 aromatic heterocycles. The van der Waals surface area contributed by atoms with Crippen molar-refractivity contribution in [2.24, 2.45) is 5.92 Å². The van der Waals surface area contributed by atoms with E-state index in [-0.39, 0.29) is 17.7 Å². The SMILES string of the molecule is CCOC(=O)C1CCC2(CC1)OCCCO2. The highest BCUT2D eigenvalue weighted by Crippen LogP contribution is 2.38. The Morgan fingerprint density at radius 3 is 2.50 bits per heavy atom. The monoisotopic (exact) mass is 228 g/mol. The minimum absolute atomic E-state index is 0.0414. The predicted octanol–water partition coefficient (Wildman–Crippen LogP) is 1.87. The van der Waals surface area contributed by atoms with Crippen molar-refractivity contribution >= 4 is 5.97 Å². The van der Waals surface area contributed by atoms with Crippen molar-refractivity contribution in [2.45, 2.75) is 44.8 Å². The van der Waals surface area contributed by atoms with Crippen LogP contribution in [0, 0.1) is 5.92 Å². The van der Waals surface area contributed by atoms with Gasteiger partial charge in [0.25, 0.3) is 0 Å². The lowest BCUT2D eigenvalue weighted by Gasteiger charge is -2.41. The van der Waals surface area contributed by atoms with Gasteiger partial charge in [-0.2, -0.15) is 0 Å². The zero-order valence-electron chi connectivity index (χ0n) is 9.87. The molecule has 0 amide bonds. The summed E-state index contributed by atoms with van der Waals surface area (Å²) in [5.74, 6) is -0.408. The lowest BCUT2D eigenvalue weighted by molar-refractivity contribution is -0.282. The largest absolute Gasteiger partial charge is 0.466 e. The molecule has 1 saturated carbocycles. The smallest absolute Gasteiger partial charge is 0.308 e. The first-order chi connectivity index (χ1) is 7.76. The molecule has 1 heterocycles. The summed E-state index contributed by atoms with van der Waals surface area (Å²) in [6.07, 6.45) is 4.24. The molecular weight excluding hydrogens is 208 g/mol. The van der Waals surface area contributed by atoms with E-state index in [1.807, 2.05) is 6.92 Å². The summed E-state index contributed by atoms with van der Waals surface area (Å²) in [5.41, 5.74) is 0. The standard InChI is InChI=1S/C12H20O4/c1-2-14-11(13)10-4-6-12(7-5-10)15-8-3-9-16-12/h10H,2-9H2,1H3. The number of carbonyl (C=O) groups excluding carboxylic acids is 1. The highest BCUT2D eigenvalue weighted by molar-refractivity contribution is 5.72. The van der Waals surface area contributed by atoms with Crippen LogP contribution in [0.3, 0.4) is 0 Å². The third-order valence-electron chi connectivity index (χ3n) is 3.39. The van der Waals surface area contributed by atoms with E-state index in [1.54, 1.807) is 0 Å². The van der Waals surface area contributed by atoms with Crippen molar-refractivity contribution in [3.8, 4) is 0 Å². The number of carbonyl (C=O) groups is 1. The van der Waals surface area contributed by atoms with Gasteiger partial charge in [0.1, 0.15) is 0 Å². The van der Waals surface area contributed by atoms with Gasteiger partial charge in [-0.05, 0) is 26.2 Å². The second-order valence-electron chi connectivity index (χ2n) is 4.49. The van der Waals surface area contributed by atoms with E-state index in [9.17, 15) is 4.79 Å². The van der Waals surface area contributed by atoms with Gasteiger partial charge in [-0.3, -0.25) is 4.79 Å². The van der Waals surface area contributed by atoms with Gasteiger partial charge < -0.3 is 14.2 Å². The summed E-state index contributed by atoms with van der Waals surface area (Å²) in [6.45, 7) is 3.87. The maximum absolute atomic E-state index is 11.6. The molecule has 1 aliphatic heterocycles. The van der Waals surface area contributed by atoms with Gasteiger partial charge in [0.2, 0.25) is 0 Å². The summed E-state index contributed by atoms with van der Waals surface area (Å²) < 4.78 is 16.5. The van der Waals surface area contributed by atoms with Crippen LogP contribution in [0.2, 0.25) is 0 Å². The Hall–Kier alpha value is -0.610. The third-order valence-corrected chi connectivity index (χ3v) is 3.39. The maximum Gasteiger partial charge on any atom is 0.308 e. The van der Waals surface area contributed by atoms with E-state index in [1.165, 1.54) is 0 Å². The lowest BCUT2D eigenvalue weighted by atomic mass is 9.84. The van der Waals surface area contributed by atoms with Crippen molar-refractivity contribution in [3.05, 3.63) is 0 Å². The van der Waals surface area contributed by atoms with Gasteiger partial charge >= 0.3 is 5.97 Å². The van der Waals surface area contributed by atoms with E-state index in [0.717, 1.165) is 45.3 Å². The minimum Gasteiger partial charge on any atom is -0.466 e. The van der Waals surface area contributed by atoms with Crippen LogP contribution in [0.15, 0.2) is 0 Å². The molecule has 0 unspecified atom stereocenters. The molecular formula is C12H20O4.